The number of nitrogens with zero attached hydrogens (tertiary/aromatic N) is 1. The molecule has 1 unspecified atom stereocenters. The Morgan fingerprint density at radius 1 is 1.35 bits per heavy atom. The van der Waals surface area contributed by atoms with Crippen molar-refractivity contribution in [1.29, 1.82) is 0 Å². The van der Waals surface area contributed by atoms with Crippen LogP contribution in [0.25, 0.3) is 0 Å². The zero-order valence-corrected chi connectivity index (χ0v) is 11.5. The van der Waals surface area contributed by atoms with Crippen molar-refractivity contribution in [3.05, 3.63) is 23.4 Å². The maximum Gasteiger partial charge on any atom is 0.391 e. The lowest BCUT2D eigenvalue weighted by Crippen LogP contribution is -2.24. The van der Waals surface area contributed by atoms with E-state index in [2.05, 4.69) is 10.3 Å². The van der Waals surface area contributed by atoms with E-state index >= 15 is 0 Å². The van der Waals surface area contributed by atoms with Crippen molar-refractivity contribution in [2.24, 2.45) is 0 Å². The van der Waals surface area contributed by atoms with Crippen molar-refractivity contribution in [1.82, 2.24) is 4.98 Å². The van der Waals surface area contributed by atoms with Crippen LogP contribution in [0.2, 0.25) is 0 Å². The van der Waals surface area contributed by atoms with E-state index in [1.165, 1.54) is 19.1 Å². The lowest BCUT2D eigenvalue weighted by Gasteiger charge is -2.18. The highest BCUT2D eigenvalue weighted by Crippen LogP contribution is 2.24. The number of carboxylic acids is 1. The predicted octanol–water partition coefficient (Wildman–Crippen LogP) is 3.66. The van der Waals surface area contributed by atoms with Crippen molar-refractivity contribution in [3.63, 3.8) is 0 Å². The molecule has 0 amide bonds. The number of nitrogens with one attached hydrogen (secondary N) is 1. The largest absolute Gasteiger partial charge is 0.478 e. The maximum absolute atomic E-state index is 12.3. The molecule has 1 atom stereocenters. The molecule has 112 valence electrons. The van der Waals surface area contributed by atoms with Gasteiger partial charge in [-0.15, -0.1) is 0 Å². The standard InChI is InChI=1S/C13H17F3N2O2/c1-7(2)10-4-9(12(19)20)5-11(18-10)17-8(3)6-13(14,15)16/h4-5,7-8H,6H2,1-3H3,(H,17,18)(H,19,20). The third-order valence-electron chi connectivity index (χ3n) is 2.62. The summed E-state index contributed by atoms with van der Waals surface area (Å²) in [6.07, 6.45) is -5.29. The highest BCUT2D eigenvalue weighted by atomic mass is 19.4. The second-order valence-corrected chi connectivity index (χ2v) is 4.99. The molecule has 1 aromatic heterocycles. The molecule has 0 aliphatic heterocycles. The molecule has 1 rings (SSSR count). The minimum atomic E-state index is -4.28. The van der Waals surface area contributed by atoms with E-state index in [-0.39, 0.29) is 17.3 Å². The Kier molecular flexibility index (Phi) is 4.97. The molecule has 0 saturated carbocycles. The van der Waals surface area contributed by atoms with Crippen LogP contribution in [0.4, 0.5) is 19.0 Å². The number of aromatic carboxylic acids is 1. The van der Waals surface area contributed by atoms with Crippen LogP contribution in [0.5, 0.6) is 0 Å². The number of carboxylic acid groups (broad SMARTS) is 1. The van der Waals surface area contributed by atoms with Gasteiger partial charge in [-0.1, -0.05) is 13.8 Å². The molecule has 0 aromatic carbocycles. The van der Waals surface area contributed by atoms with E-state index in [9.17, 15) is 18.0 Å². The molecular weight excluding hydrogens is 273 g/mol. The number of anilines is 1. The first-order valence-electron chi connectivity index (χ1n) is 6.17. The van der Waals surface area contributed by atoms with Gasteiger partial charge in [0.15, 0.2) is 0 Å². The average Bonchev–Trinajstić information content (AvgIpc) is 2.25. The number of alkyl halides is 3. The van der Waals surface area contributed by atoms with E-state index in [1.807, 2.05) is 13.8 Å². The minimum absolute atomic E-state index is 0.00501. The Hall–Kier alpha value is -1.79. The summed E-state index contributed by atoms with van der Waals surface area (Å²) in [5, 5.41) is 11.6. The summed E-state index contributed by atoms with van der Waals surface area (Å²) in [4.78, 5) is 15.2. The smallest absolute Gasteiger partial charge is 0.391 e. The molecule has 4 nitrogen and oxygen atoms in total. The van der Waals surface area contributed by atoms with Crippen LogP contribution in [0.1, 0.15) is 49.2 Å². The van der Waals surface area contributed by atoms with Crippen molar-refractivity contribution >= 4 is 11.8 Å². The van der Waals surface area contributed by atoms with Gasteiger partial charge < -0.3 is 10.4 Å². The number of aromatic nitrogens is 1. The summed E-state index contributed by atoms with van der Waals surface area (Å²) in [5.41, 5.74) is 0.525. The van der Waals surface area contributed by atoms with Crippen molar-refractivity contribution < 1.29 is 23.1 Å². The first-order valence-corrected chi connectivity index (χ1v) is 6.17. The van der Waals surface area contributed by atoms with Gasteiger partial charge in [-0.25, -0.2) is 9.78 Å². The van der Waals surface area contributed by atoms with Gasteiger partial charge in [0.2, 0.25) is 0 Å². The van der Waals surface area contributed by atoms with Crippen LogP contribution >= 0.6 is 0 Å². The van der Waals surface area contributed by atoms with Gasteiger partial charge in [0.05, 0.1) is 12.0 Å². The molecule has 20 heavy (non-hydrogen) atoms. The number of rotatable bonds is 5. The summed E-state index contributed by atoms with van der Waals surface area (Å²) >= 11 is 0. The Morgan fingerprint density at radius 2 is 1.95 bits per heavy atom. The minimum Gasteiger partial charge on any atom is -0.478 e. The van der Waals surface area contributed by atoms with Crippen LogP contribution in [0.15, 0.2) is 12.1 Å². The highest BCUT2D eigenvalue weighted by molar-refractivity contribution is 5.88. The maximum atomic E-state index is 12.3. The summed E-state index contributed by atoms with van der Waals surface area (Å²) < 4.78 is 36.8. The van der Waals surface area contributed by atoms with Gasteiger partial charge in [-0.05, 0) is 25.0 Å². The van der Waals surface area contributed by atoms with Crippen molar-refractivity contribution in [2.75, 3.05) is 5.32 Å². The summed E-state index contributed by atoms with van der Waals surface area (Å²) in [6.45, 7) is 5.03. The molecule has 1 heterocycles. The van der Waals surface area contributed by atoms with Gasteiger partial charge in [-0.3, -0.25) is 0 Å². The summed E-state index contributed by atoms with van der Waals surface area (Å²) in [5.74, 6) is -1.01. The van der Waals surface area contributed by atoms with Gasteiger partial charge in [0, 0.05) is 11.7 Å². The second-order valence-electron chi connectivity index (χ2n) is 4.99. The monoisotopic (exact) mass is 290 g/mol. The van der Waals surface area contributed by atoms with Crippen LogP contribution in [-0.4, -0.2) is 28.3 Å². The molecule has 0 aliphatic rings. The third kappa shape index (κ3) is 5.07. The molecule has 0 radical (unpaired) electrons. The summed E-state index contributed by atoms with van der Waals surface area (Å²) in [7, 11) is 0. The van der Waals surface area contributed by atoms with Gasteiger partial charge in [0.1, 0.15) is 5.82 Å². The number of halogens is 3. The highest BCUT2D eigenvalue weighted by Gasteiger charge is 2.30. The van der Waals surface area contributed by atoms with E-state index in [0.717, 1.165) is 0 Å². The zero-order chi connectivity index (χ0) is 15.5. The Balaban J connectivity index is 2.97. The Bertz CT molecular complexity index is 487. The molecule has 0 fully saturated rings. The van der Waals surface area contributed by atoms with Crippen LogP contribution in [0.3, 0.4) is 0 Å². The molecule has 0 spiro atoms. The van der Waals surface area contributed by atoms with Crippen molar-refractivity contribution in [3.8, 4) is 0 Å². The average molecular weight is 290 g/mol. The first-order chi connectivity index (χ1) is 9.08. The number of pyridine rings is 1. The normalized spacial score (nSPS) is 13.3. The van der Waals surface area contributed by atoms with Crippen molar-refractivity contribution in [2.45, 2.75) is 45.3 Å². The molecule has 1 aromatic rings. The van der Waals surface area contributed by atoms with Crippen LogP contribution < -0.4 is 5.32 Å². The topological polar surface area (TPSA) is 62.2 Å². The predicted molar refractivity (Wildman–Crippen MR) is 69.0 cm³/mol. The van der Waals surface area contributed by atoms with E-state index in [4.69, 9.17) is 5.11 Å². The number of hydrogen-bond acceptors (Lipinski definition) is 3. The van der Waals surface area contributed by atoms with Gasteiger partial charge in [0.25, 0.3) is 0 Å². The number of carbonyl (C=O) groups is 1. The van der Waals surface area contributed by atoms with E-state index in [0.29, 0.717) is 5.69 Å². The molecule has 0 aliphatic carbocycles. The van der Waals surface area contributed by atoms with Gasteiger partial charge in [-0.2, -0.15) is 13.2 Å². The summed E-state index contributed by atoms with van der Waals surface area (Å²) in [6, 6.07) is 1.78. The van der Waals surface area contributed by atoms with Crippen LogP contribution in [-0.2, 0) is 0 Å². The Morgan fingerprint density at radius 3 is 2.40 bits per heavy atom. The first kappa shape index (κ1) is 16.3. The molecule has 7 heteroatoms. The fourth-order valence-electron chi connectivity index (χ4n) is 1.70. The molecule has 0 bridgehead atoms. The quantitative estimate of drug-likeness (QED) is 0.868. The van der Waals surface area contributed by atoms with Crippen LogP contribution in [0, 0.1) is 0 Å². The lowest BCUT2D eigenvalue weighted by atomic mass is 10.1. The second kappa shape index (κ2) is 6.11. The zero-order valence-electron chi connectivity index (χ0n) is 11.5. The third-order valence-corrected chi connectivity index (χ3v) is 2.62. The molecule has 0 saturated heterocycles. The lowest BCUT2D eigenvalue weighted by molar-refractivity contribution is -0.136. The number of hydrogen-bond donors (Lipinski definition) is 2. The van der Waals surface area contributed by atoms with E-state index in [1.54, 1.807) is 0 Å². The van der Waals surface area contributed by atoms with E-state index < -0.39 is 24.6 Å². The molecular formula is C13H17F3N2O2. The molecule has 2 N–H and O–H groups in total. The fourth-order valence-corrected chi connectivity index (χ4v) is 1.70. The SMILES string of the molecule is CC(CC(F)(F)F)Nc1cc(C(=O)O)cc(C(C)C)n1. The van der Waals surface area contributed by atoms with Gasteiger partial charge >= 0.3 is 12.1 Å². The fraction of sp³-hybridized carbons (Fsp3) is 0.538. The Labute approximate surface area is 115 Å².